The Balaban J connectivity index is 0.870. The molecule has 20 nitrogen and oxygen atoms in total. The number of aromatic amines is 1. The zero-order valence-electron chi connectivity index (χ0n) is 51.0. The van der Waals surface area contributed by atoms with Crippen LogP contribution in [0.25, 0.3) is 22.3 Å². The number of fused-ring (bicyclic) bond motifs is 2. The minimum Gasteiger partial charge on any atom is -0.497 e. The molecular formula is C71H64FN10O10PS. The van der Waals surface area contributed by atoms with Gasteiger partial charge in [-0.05, 0) is 93.9 Å². The maximum Gasteiger partial charge on any atom is 0.327 e. The summed E-state index contributed by atoms with van der Waals surface area (Å²) in [6.07, 6.45) is -0.515. The van der Waals surface area contributed by atoms with E-state index < -0.39 is 48.4 Å². The van der Waals surface area contributed by atoms with Crippen LogP contribution < -0.4 is 20.3 Å². The molecule has 0 bridgehead atoms. The van der Waals surface area contributed by atoms with Gasteiger partial charge in [-0.25, -0.2) is 29.3 Å². The summed E-state index contributed by atoms with van der Waals surface area (Å²) < 4.78 is 75.1. The molecule has 5 heterocycles. The fraction of sp³-hybridized carbons (Fsp3) is 0.239. The van der Waals surface area contributed by atoms with Gasteiger partial charge in [0.2, 0.25) is 0 Å². The van der Waals surface area contributed by atoms with Gasteiger partial charge in [-0.3, -0.25) is 18.7 Å². The lowest BCUT2D eigenvalue weighted by molar-refractivity contribution is -0.0939. The smallest absolute Gasteiger partial charge is 0.327 e. The maximum absolute atomic E-state index is 18.6. The molecule has 8 atom stereocenters. The molecule has 476 valence electrons. The number of carbonyl (C=O) groups excluding carboxylic acids is 1. The number of nitrogens with zero attached hydrogens (tertiary/aromatic N) is 8. The highest BCUT2D eigenvalue weighted by Gasteiger charge is 2.53. The summed E-state index contributed by atoms with van der Waals surface area (Å²) in [6.45, 7) is -4.65. The topological polar surface area (TPSA) is 234 Å². The van der Waals surface area contributed by atoms with Crippen molar-refractivity contribution in [3.8, 4) is 17.6 Å². The molecule has 1 saturated heterocycles. The Hall–Kier alpha value is -9.66. The number of alkyl halides is 1. The highest BCUT2D eigenvalue weighted by molar-refractivity contribution is 8.07. The van der Waals surface area contributed by atoms with Gasteiger partial charge in [0.05, 0.1) is 72.1 Å². The van der Waals surface area contributed by atoms with Gasteiger partial charge in [-0.15, -0.1) is 0 Å². The van der Waals surface area contributed by atoms with Crippen molar-refractivity contribution in [2.75, 3.05) is 46.0 Å². The minimum atomic E-state index is -4.15. The summed E-state index contributed by atoms with van der Waals surface area (Å²) in [6, 6.07) is 65.0. The lowest BCUT2D eigenvalue weighted by atomic mass is 9.69. The Labute approximate surface area is 545 Å². The fourth-order valence-electron chi connectivity index (χ4n) is 12.6. The van der Waals surface area contributed by atoms with E-state index in [0.717, 1.165) is 22.3 Å². The zero-order valence-corrected chi connectivity index (χ0v) is 52.8. The van der Waals surface area contributed by atoms with Crippen LogP contribution in [0.5, 0.6) is 11.5 Å². The number of imidazole rings is 2. The third kappa shape index (κ3) is 12.4. The van der Waals surface area contributed by atoms with Crippen molar-refractivity contribution >= 4 is 52.6 Å². The van der Waals surface area contributed by atoms with Crippen LogP contribution in [0.15, 0.2) is 230 Å². The summed E-state index contributed by atoms with van der Waals surface area (Å²) in [5, 5.41) is 12.7. The zero-order chi connectivity index (χ0) is 64.7. The third-order valence-corrected chi connectivity index (χ3v) is 19.7. The van der Waals surface area contributed by atoms with Crippen LogP contribution in [0.3, 0.4) is 0 Å². The SMILES string of the molecule is COc1ccc(C(OC[C@H]2O[C@@H](n3cnc4c(NC(=O)c5ccccc5)ncnc43)[C@H](F)[C@@H]2OP(=S)(OCCC#N)OC[C@H]2C[C@@H](n3cnc4c(=O)[nH]cnc43)[C@@H]2COC(c2ccccc2)(c2ccccc2)c2ccccc2)(c2ccccc2)c2ccc(OC)cc2)cc1. The Morgan fingerprint density at radius 1 is 0.660 bits per heavy atom. The summed E-state index contributed by atoms with van der Waals surface area (Å²) >= 11 is 6.41. The number of aromatic nitrogens is 8. The molecule has 1 aliphatic heterocycles. The van der Waals surface area contributed by atoms with Crippen LogP contribution in [0.1, 0.15) is 68.9 Å². The summed E-state index contributed by atoms with van der Waals surface area (Å²) in [4.78, 5) is 51.8. The number of anilines is 1. The first kappa shape index (κ1) is 63.1. The molecule has 0 radical (unpaired) electrons. The van der Waals surface area contributed by atoms with E-state index in [1.54, 1.807) is 50.9 Å². The van der Waals surface area contributed by atoms with E-state index in [2.05, 4.69) is 41.3 Å². The van der Waals surface area contributed by atoms with Gasteiger partial charge in [0.25, 0.3) is 11.5 Å². The number of halogens is 1. The fourth-order valence-corrected chi connectivity index (χ4v) is 14.8. The van der Waals surface area contributed by atoms with E-state index in [9.17, 15) is 14.9 Å². The first-order valence-corrected chi connectivity index (χ1v) is 33.1. The molecular weight excluding hydrogens is 1230 g/mol. The summed E-state index contributed by atoms with van der Waals surface area (Å²) in [5.41, 5.74) is 3.14. The van der Waals surface area contributed by atoms with Crippen LogP contribution in [0, 0.1) is 23.2 Å². The summed E-state index contributed by atoms with van der Waals surface area (Å²) in [5.74, 6) is 0.149. The number of ether oxygens (including phenoxy) is 5. The predicted molar refractivity (Wildman–Crippen MR) is 352 cm³/mol. The number of hydrogen-bond acceptors (Lipinski definition) is 17. The van der Waals surface area contributed by atoms with E-state index in [4.69, 9.17) is 49.1 Å². The second-order valence-electron chi connectivity index (χ2n) is 22.6. The molecule has 7 aromatic carbocycles. The number of hydrogen-bond donors (Lipinski definition) is 2. The molecule has 23 heteroatoms. The van der Waals surface area contributed by atoms with Crippen LogP contribution in [-0.2, 0) is 50.8 Å². The van der Waals surface area contributed by atoms with Crippen molar-refractivity contribution in [2.45, 2.75) is 54.7 Å². The number of nitrogens with one attached hydrogen (secondary N) is 2. The lowest BCUT2D eigenvalue weighted by Crippen LogP contribution is -2.46. The highest BCUT2D eigenvalue weighted by atomic mass is 32.5. The van der Waals surface area contributed by atoms with Gasteiger partial charge < -0.3 is 47.6 Å². The molecule has 1 aliphatic carbocycles. The molecule has 4 aromatic heterocycles. The largest absolute Gasteiger partial charge is 0.497 e. The maximum atomic E-state index is 18.6. The van der Waals surface area contributed by atoms with E-state index in [-0.39, 0.29) is 78.8 Å². The van der Waals surface area contributed by atoms with E-state index in [1.807, 2.05) is 174 Å². The van der Waals surface area contributed by atoms with Gasteiger partial charge in [0, 0.05) is 17.5 Å². The number of carbonyl (C=O) groups is 1. The van der Waals surface area contributed by atoms with Gasteiger partial charge in [0.15, 0.2) is 40.5 Å². The van der Waals surface area contributed by atoms with Crippen molar-refractivity contribution < 1.29 is 46.4 Å². The molecule has 2 fully saturated rings. The molecule has 1 unspecified atom stereocenters. The molecule has 0 spiro atoms. The number of rotatable bonds is 26. The van der Waals surface area contributed by atoms with E-state index in [0.29, 0.717) is 40.3 Å². The Morgan fingerprint density at radius 2 is 1.17 bits per heavy atom. The monoisotopic (exact) mass is 1300 g/mol. The van der Waals surface area contributed by atoms with Crippen molar-refractivity contribution in [2.24, 2.45) is 11.8 Å². The van der Waals surface area contributed by atoms with Crippen molar-refractivity contribution in [1.29, 1.82) is 5.26 Å². The van der Waals surface area contributed by atoms with E-state index >= 15 is 4.39 Å². The Bertz CT molecular complexity index is 4390. The van der Waals surface area contributed by atoms with Gasteiger partial charge in [-0.2, -0.15) is 5.26 Å². The summed E-state index contributed by atoms with van der Waals surface area (Å²) in [7, 11) is 3.17. The van der Waals surface area contributed by atoms with Crippen LogP contribution in [0.2, 0.25) is 0 Å². The number of nitriles is 1. The van der Waals surface area contributed by atoms with Gasteiger partial charge in [0.1, 0.15) is 41.2 Å². The van der Waals surface area contributed by atoms with Crippen LogP contribution in [-0.4, -0.2) is 104 Å². The molecule has 13 rings (SSSR count). The van der Waals surface area contributed by atoms with Crippen molar-refractivity contribution in [3.05, 3.63) is 275 Å². The first-order chi connectivity index (χ1) is 46.0. The van der Waals surface area contributed by atoms with Crippen molar-refractivity contribution in [3.63, 3.8) is 0 Å². The molecule has 2 N–H and O–H groups in total. The average molecular weight is 1300 g/mol. The second kappa shape index (κ2) is 27.9. The van der Waals surface area contributed by atoms with Crippen LogP contribution >= 0.6 is 6.72 Å². The predicted octanol–water partition coefficient (Wildman–Crippen LogP) is 12.2. The van der Waals surface area contributed by atoms with Crippen LogP contribution in [0.4, 0.5) is 10.2 Å². The molecule has 2 aliphatic rings. The number of amides is 1. The van der Waals surface area contributed by atoms with Gasteiger partial charge >= 0.3 is 6.72 Å². The highest BCUT2D eigenvalue weighted by Crippen LogP contribution is 2.57. The number of H-pyrrole nitrogens is 1. The lowest BCUT2D eigenvalue weighted by Gasteiger charge is -2.47. The normalized spacial score (nSPS) is 19.4. The molecule has 11 aromatic rings. The van der Waals surface area contributed by atoms with E-state index in [1.165, 1.54) is 23.5 Å². The molecule has 94 heavy (non-hydrogen) atoms. The second-order valence-corrected chi connectivity index (χ2v) is 25.6. The molecule has 1 amide bonds. The standard InChI is InChI=1S/C71H64FN10O10PS/c1-85-55-33-29-53(30-34-55)71(52-27-16-7-17-28-52,54-31-35-56(86-2)36-32-54)88-42-59-63(60(72)69(91-59)82-46-78-61-64(74-43-75-65(61)82)80-67(83)47-19-8-3-9-20-47)92-93(94,89-38-18-37-73)90-40-48-39-58(81-45-79-62-66(81)76-44-77-68(62)84)57(48)41-87-70(49-21-10-4-11-22-49,50-23-12-5-13-24-50)51-25-14-6-15-26-51/h3-17,19-36,43-46,48,57-60,63,69H,18,38-42H2,1-2H3,(H,76,77,84)(H,74,75,80,83)/t48-,57-,58-,59-,60-,63-,69-,93?/m1/s1. The van der Waals surface area contributed by atoms with Gasteiger partial charge in [-0.1, -0.05) is 164 Å². The first-order valence-electron chi connectivity index (χ1n) is 30.5. The number of methoxy groups -OCH3 is 2. The molecule has 1 saturated carbocycles. The Kier molecular flexibility index (Phi) is 18.7. The number of benzene rings is 7. The Morgan fingerprint density at radius 3 is 1.72 bits per heavy atom. The minimum absolute atomic E-state index is 0.0776. The van der Waals surface area contributed by atoms with Crippen molar-refractivity contribution in [1.82, 2.24) is 39.0 Å². The quantitative estimate of drug-likeness (QED) is 0.0291. The average Bonchev–Trinajstić information content (AvgIpc) is 1.12. The third-order valence-electron chi connectivity index (χ3n) is 17.4.